The predicted octanol–water partition coefficient (Wildman–Crippen LogP) is 0.875. The summed E-state index contributed by atoms with van der Waals surface area (Å²) in [6.45, 7) is 1.11. The number of hydrogen-bond acceptors (Lipinski definition) is 5. The van der Waals surface area contributed by atoms with Crippen molar-refractivity contribution in [2.24, 2.45) is 0 Å². The number of amides is 1. The van der Waals surface area contributed by atoms with E-state index in [-0.39, 0.29) is 17.2 Å². The maximum absolute atomic E-state index is 12.0. The summed E-state index contributed by atoms with van der Waals surface area (Å²) >= 11 is 0. The molecule has 2 aromatic rings. The van der Waals surface area contributed by atoms with Crippen LogP contribution in [0.2, 0.25) is 0 Å². The van der Waals surface area contributed by atoms with Crippen molar-refractivity contribution < 1.29 is 19.4 Å². The van der Waals surface area contributed by atoms with Crippen molar-refractivity contribution in [3.8, 4) is 0 Å². The zero-order chi connectivity index (χ0) is 15.2. The normalized spacial score (nSPS) is 10.3. The highest BCUT2D eigenvalue weighted by Gasteiger charge is 2.10. The molecule has 21 heavy (non-hydrogen) atoms. The van der Waals surface area contributed by atoms with Crippen LogP contribution in [0, 0.1) is 0 Å². The average Bonchev–Trinajstić information content (AvgIpc) is 2.92. The minimum atomic E-state index is -1.14. The number of rotatable bonds is 6. The molecule has 1 amide bonds. The second-order valence-corrected chi connectivity index (χ2v) is 4.18. The van der Waals surface area contributed by atoms with E-state index in [0.29, 0.717) is 18.8 Å². The summed E-state index contributed by atoms with van der Waals surface area (Å²) in [4.78, 5) is 26.3. The molecule has 0 aliphatic heterocycles. The number of carbonyl (C=O) groups excluding carboxylic acids is 1. The van der Waals surface area contributed by atoms with E-state index < -0.39 is 5.97 Å². The summed E-state index contributed by atoms with van der Waals surface area (Å²) in [6.07, 6.45) is 4.41. The molecule has 2 aromatic heterocycles. The van der Waals surface area contributed by atoms with E-state index in [1.54, 1.807) is 18.0 Å². The number of pyridine rings is 1. The molecule has 0 spiro atoms. The number of carboxylic acids is 1. The molecular weight excluding hydrogens is 276 g/mol. The third-order valence-corrected chi connectivity index (χ3v) is 2.66. The van der Waals surface area contributed by atoms with Gasteiger partial charge in [-0.1, -0.05) is 0 Å². The summed E-state index contributed by atoms with van der Waals surface area (Å²) < 4.78 is 6.58. The maximum atomic E-state index is 12.0. The van der Waals surface area contributed by atoms with Crippen molar-refractivity contribution in [3.63, 3.8) is 0 Å². The topological polar surface area (TPSA) is 106 Å². The van der Waals surface area contributed by atoms with E-state index in [4.69, 9.17) is 9.84 Å². The van der Waals surface area contributed by atoms with Crippen molar-refractivity contribution in [3.05, 3.63) is 42.0 Å². The van der Waals surface area contributed by atoms with Gasteiger partial charge in [0.05, 0.1) is 30.6 Å². The first-order valence-electron chi connectivity index (χ1n) is 6.12. The third kappa shape index (κ3) is 3.86. The molecule has 2 rings (SSSR count). The second-order valence-electron chi connectivity index (χ2n) is 4.18. The molecule has 2 heterocycles. The molecule has 110 valence electrons. The molecule has 0 aliphatic carbocycles. The number of carbonyl (C=O) groups is 2. The molecule has 0 saturated heterocycles. The number of anilines is 1. The molecular formula is C13H14N4O4. The summed E-state index contributed by atoms with van der Waals surface area (Å²) in [5.74, 6) is -1.52. The average molecular weight is 290 g/mol. The van der Waals surface area contributed by atoms with Gasteiger partial charge < -0.3 is 15.2 Å². The lowest BCUT2D eigenvalue weighted by Gasteiger charge is -2.02. The Kier molecular flexibility index (Phi) is 4.62. The Morgan fingerprint density at radius 3 is 2.81 bits per heavy atom. The second kappa shape index (κ2) is 6.62. The highest BCUT2D eigenvalue weighted by atomic mass is 16.5. The molecule has 0 aliphatic rings. The maximum Gasteiger partial charge on any atom is 0.354 e. The van der Waals surface area contributed by atoms with E-state index in [2.05, 4.69) is 15.4 Å². The Balaban J connectivity index is 2.00. The van der Waals surface area contributed by atoms with Gasteiger partial charge in [0.2, 0.25) is 0 Å². The summed E-state index contributed by atoms with van der Waals surface area (Å²) in [6, 6.07) is 2.68. The van der Waals surface area contributed by atoms with Gasteiger partial charge >= 0.3 is 5.97 Å². The SMILES string of the molecule is COCCn1cc(NC(=O)c2ccc(C(=O)O)nc2)cn1. The molecule has 2 N–H and O–H groups in total. The van der Waals surface area contributed by atoms with Crippen LogP contribution in [0.3, 0.4) is 0 Å². The van der Waals surface area contributed by atoms with Crippen molar-refractivity contribution in [1.82, 2.24) is 14.8 Å². The summed E-state index contributed by atoms with van der Waals surface area (Å²) in [5, 5.41) is 15.5. The molecule has 0 bridgehead atoms. The number of methoxy groups -OCH3 is 1. The molecule has 0 radical (unpaired) electrons. The lowest BCUT2D eigenvalue weighted by molar-refractivity contribution is 0.0690. The Morgan fingerprint density at radius 2 is 2.19 bits per heavy atom. The number of carboxylic acid groups (broad SMARTS) is 1. The van der Waals surface area contributed by atoms with Crippen LogP contribution in [0.15, 0.2) is 30.7 Å². The molecule has 0 saturated carbocycles. The van der Waals surface area contributed by atoms with E-state index >= 15 is 0 Å². The van der Waals surface area contributed by atoms with Gasteiger partial charge in [-0.2, -0.15) is 5.10 Å². The number of aromatic carboxylic acids is 1. The van der Waals surface area contributed by atoms with E-state index in [9.17, 15) is 9.59 Å². The fourth-order valence-electron chi connectivity index (χ4n) is 1.59. The Labute approximate surface area is 120 Å². The van der Waals surface area contributed by atoms with Gasteiger partial charge in [0, 0.05) is 19.5 Å². The van der Waals surface area contributed by atoms with Crippen LogP contribution < -0.4 is 5.32 Å². The van der Waals surface area contributed by atoms with Crippen LogP contribution in [-0.4, -0.2) is 45.5 Å². The fourth-order valence-corrected chi connectivity index (χ4v) is 1.59. The van der Waals surface area contributed by atoms with Gasteiger partial charge in [-0.15, -0.1) is 0 Å². The summed E-state index contributed by atoms with van der Waals surface area (Å²) in [7, 11) is 1.60. The van der Waals surface area contributed by atoms with Crippen LogP contribution in [0.1, 0.15) is 20.8 Å². The lowest BCUT2D eigenvalue weighted by Crippen LogP contribution is -2.12. The van der Waals surface area contributed by atoms with Crippen LogP contribution in [-0.2, 0) is 11.3 Å². The first-order valence-corrected chi connectivity index (χ1v) is 6.12. The highest BCUT2D eigenvalue weighted by Crippen LogP contribution is 2.08. The van der Waals surface area contributed by atoms with Gasteiger partial charge in [0.15, 0.2) is 0 Å². The first kappa shape index (κ1) is 14.7. The van der Waals surface area contributed by atoms with Crippen molar-refractivity contribution in [2.45, 2.75) is 6.54 Å². The zero-order valence-electron chi connectivity index (χ0n) is 11.3. The van der Waals surface area contributed by atoms with Gasteiger partial charge in [-0.3, -0.25) is 9.48 Å². The van der Waals surface area contributed by atoms with E-state index in [1.807, 2.05) is 0 Å². The fraction of sp³-hybridized carbons (Fsp3) is 0.231. The monoisotopic (exact) mass is 290 g/mol. The molecule has 0 atom stereocenters. The standard InChI is InChI=1S/C13H14N4O4/c1-21-5-4-17-8-10(7-15-17)16-12(18)9-2-3-11(13(19)20)14-6-9/h2-3,6-8H,4-5H2,1H3,(H,16,18)(H,19,20). The molecule has 0 aromatic carbocycles. The molecule has 0 unspecified atom stereocenters. The molecule has 0 fully saturated rings. The predicted molar refractivity (Wildman–Crippen MR) is 73.3 cm³/mol. The number of ether oxygens (including phenoxy) is 1. The molecule has 8 nitrogen and oxygen atoms in total. The number of nitrogens with one attached hydrogen (secondary N) is 1. The Bertz CT molecular complexity index is 636. The Hall–Kier alpha value is -2.74. The van der Waals surface area contributed by atoms with Gasteiger partial charge in [-0.05, 0) is 12.1 Å². The quantitative estimate of drug-likeness (QED) is 0.817. The van der Waals surface area contributed by atoms with Crippen LogP contribution in [0.4, 0.5) is 5.69 Å². The van der Waals surface area contributed by atoms with Crippen LogP contribution in [0.25, 0.3) is 0 Å². The smallest absolute Gasteiger partial charge is 0.354 e. The van der Waals surface area contributed by atoms with Crippen LogP contribution in [0.5, 0.6) is 0 Å². The molecule has 8 heteroatoms. The lowest BCUT2D eigenvalue weighted by atomic mass is 10.2. The minimum absolute atomic E-state index is 0.112. The number of aromatic nitrogens is 3. The van der Waals surface area contributed by atoms with E-state index in [0.717, 1.165) is 0 Å². The van der Waals surface area contributed by atoms with E-state index in [1.165, 1.54) is 24.5 Å². The van der Waals surface area contributed by atoms with Crippen LogP contribution >= 0.6 is 0 Å². The van der Waals surface area contributed by atoms with Gasteiger partial charge in [-0.25, -0.2) is 9.78 Å². The zero-order valence-corrected chi connectivity index (χ0v) is 11.3. The van der Waals surface area contributed by atoms with Gasteiger partial charge in [0.1, 0.15) is 5.69 Å². The Morgan fingerprint density at radius 1 is 1.38 bits per heavy atom. The van der Waals surface area contributed by atoms with Crippen molar-refractivity contribution in [2.75, 3.05) is 19.0 Å². The third-order valence-electron chi connectivity index (χ3n) is 2.66. The largest absolute Gasteiger partial charge is 0.477 e. The number of nitrogens with zero attached hydrogens (tertiary/aromatic N) is 3. The summed E-state index contributed by atoms with van der Waals surface area (Å²) in [5.41, 5.74) is 0.696. The minimum Gasteiger partial charge on any atom is -0.477 e. The van der Waals surface area contributed by atoms with Crippen molar-refractivity contribution in [1.29, 1.82) is 0 Å². The first-order chi connectivity index (χ1) is 10.1. The van der Waals surface area contributed by atoms with Gasteiger partial charge in [0.25, 0.3) is 5.91 Å². The highest BCUT2D eigenvalue weighted by molar-refractivity contribution is 6.04. The van der Waals surface area contributed by atoms with Crippen molar-refractivity contribution >= 4 is 17.6 Å². The number of hydrogen-bond donors (Lipinski definition) is 2.